The van der Waals surface area contributed by atoms with Crippen molar-refractivity contribution in [3.8, 4) is 0 Å². The maximum Gasteiger partial charge on any atom is 0.255 e. The van der Waals surface area contributed by atoms with Gasteiger partial charge in [0.1, 0.15) is 0 Å². The molecule has 6 heteroatoms. The van der Waals surface area contributed by atoms with Gasteiger partial charge < -0.3 is 16.4 Å². The van der Waals surface area contributed by atoms with Gasteiger partial charge in [-0.1, -0.05) is 24.3 Å². The molecule has 0 aromatic heterocycles. The van der Waals surface area contributed by atoms with Crippen LogP contribution < -0.4 is 16.4 Å². The number of hydrogen-bond acceptors (Lipinski definition) is 3. The average Bonchev–Trinajstić information content (AvgIpc) is 2.57. The fraction of sp³-hybridized carbons (Fsp3) is 0.263. The molecule has 0 aliphatic carbocycles. The number of anilines is 1. The van der Waals surface area contributed by atoms with Gasteiger partial charge in [0.2, 0.25) is 0 Å². The lowest BCUT2D eigenvalue weighted by molar-refractivity contribution is 0.0914. The fourth-order valence-corrected chi connectivity index (χ4v) is 2.11. The van der Waals surface area contributed by atoms with Crippen molar-refractivity contribution in [1.29, 1.82) is 0 Å². The zero-order chi connectivity index (χ0) is 17.7. The number of rotatable bonds is 5. The minimum Gasteiger partial charge on any atom is -0.346 e. The van der Waals surface area contributed by atoms with Crippen LogP contribution in [0.4, 0.5) is 5.69 Å². The van der Waals surface area contributed by atoms with Crippen molar-refractivity contribution >= 4 is 29.9 Å². The summed E-state index contributed by atoms with van der Waals surface area (Å²) in [5.74, 6) is -0.431. The van der Waals surface area contributed by atoms with Crippen LogP contribution in [0.15, 0.2) is 48.5 Å². The smallest absolute Gasteiger partial charge is 0.255 e. The number of hydrogen-bond donors (Lipinski definition) is 3. The number of nitrogens with one attached hydrogen (secondary N) is 2. The van der Waals surface area contributed by atoms with Gasteiger partial charge in [0, 0.05) is 28.9 Å². The summed E-state index contributed by atoms with van der Waals surface area (Å²) in [5.41, 5.74) is 7.69. The van der Waals surface area contributed by atoms with Gasteiger partial charge in [0.15, 0.2) is 0 Å². The van der Waals surface area contributed by atoms with Crippen molar-refractivity contribution in [3.63, 3.8) is 0 Å². The Morgan fingerprint density at radius 1 is 1.00 bits per heavy atom. The second-order valence-corrected chi connectivity index (χ2v) is 6.39. The van der Waals surface area contributed by atoms with E-state index in [0.29, 0.717) is 23.4 Å². The highest BCUT2D eigenvalue weighted by Gasteiger charge is 2.20. The first-order chi connectivity index (χ1) is 11.3. The summed E-state index contributed by atoms with van der Waals surface area (Å²) in [4.78, 5) is 24.7. The molecule has 4 N–H and O–H groups in total. The van der Waals surface area contributed by atoms with E-state index < -0.39 is 5.54 Å². The molecule has 0 saturated carbocycles. The summed E-state index contributed by atoms with van der Waals surface area (Å²) in [6.07, 6.45) is 0. The SMILES string of the molecule is Cc1ccc(C(=O)NC(C)(C)CN)cc1NC(=O)c1ccccc1.Cl. The number of nitrogens with two attached hydrogens (primary N) is 1. The third-order valence-corrected chi connectivity index (χ3v) is 3.75. The molecule has 0 bridgehead atoms. The molecule has 5 nitrogen and oxygen atoms in total. The predicted octanol–water partition coefficient (Wildman–Crippen LogP) is 3.14. The van der Waals surface area contributed by atoms with E-state index in [1.54, 1.807) is 36.4 Å². The van der Waals surface area contributed by atoms with Crippen LogP contribution in [-0.2, 0) is 0 Å². The van der Waals surface area contributed by atoms with Crippen molar-refractivity contribution in [3.05, 3.63) is 65.2 Å². The molecule has 0 aliphatic heterocycles. The van der Waals surface area contributed by atoms with Gasteiger partial charge in [-0.2, -0.15) is 0 Å². The summed E-state index contributed by atoms with van der Waals surface area (Å²) in [5, 5.41) is 5.73. The molecule has 0 atom stereocenters. The lowest BCUT2D eigenvalue weighted by atomic mass is 10.0. The predicted molar refractivity (Wildman–Crippen MR) is 103 cm³/mol. The lowest BCUT2D eigenvalue weighted by Crippen LogP contribution is -2.48. The lowest BCUT2D eigenvalue weighted by Gasteiger charge is -2.24. The molecule has 134 valence electrons. The van der Waals surface area contributed by atoms with Crippen molar-refractivity contribution in [2.45, 2.75) is 26.3 Å². The minimum absolute atomic E-state index is 0. The number of amides is 2. The molecule has 2 rings (SSSR count). The first-order valence-electron chi connectivity index (χ1n) is 7.82. The van der Waals surface area contributed by atoms with Gasteiger partial charge >= 0.3 is 0 Å². The molecule has 0 saturated heterocycles. The number of aryl methyl sites for hydroxylation is 1. The van der Waals surface area contributed by atoms with Crippen LogP contribution in [0, 0.1) is 6.92 Å². The van der Waals surface area contributed by atoms with E-state index in [1.807, 2.05) is 32.9 Å². The van der Waals surface area contributed by atoms with Crippen LogP contribution in [0.5, 0.6) is 0 Å². The van der Waals surface area contributed by atoms with E-state index in [2.05, 4.69) is 10.6 Å². The Morgan fingerprint density at radius 2 is 1.64 bits per heavy atom. The summed E-state index contributed by atoms with van der Waals surface area (Å²) in [6.45, 7) is 5.93. The Bertz CT molecular complexity index is 746. The van der Waals surface area contributed by atoms with Crippen LogP contribution in [0.1, 0.15) is 40.1 Å². The van der Waals surface area contributed by atoms with E-state index >= 15 is 0 Å². The first-order valence-corrected chi connectivity index (χ1v) is 7.82. The summed E-state index contributed by atoms with van der Waals surface area (Å²) < 4.78 is 0. The molecular weight excluding hydrogens is 338 g/mol. The van der Waals surface area contributed by atoms with Crippen LogP contribution in [0.3, 0.4) is 0 Å². The normalized spacial score (nSPS) is 10.6. The first kappa shape index (κ1) is 20.7. The molecule has 0 heterocycles. The standard InChI is InChI=1S/C19H23N3O2.ClH/c1-13-9-10-15(18(24)22-19(2,3)12-20)11-16(13)21-17(23)14-7-5-4-6-8-14;/h4-11H,12,20H2,1-3H3,(H,21,23)(H,22,24);1H. The zero-order valence-electron chi connectivity index (χ0n) is 14.6. The third kappa shape index (κ3) is 5.59. The molecule has 2 aromatic rings. The molecular formula is C19H24ClN3O2. The van der Waals surface area contributed by atoms with Crippen molar-refractivity contribution < 1.29 is 9.59 Å². The van der Waals surface area contributed by atoms with E-state index in [-0.39, 0.29) is 24.2 Å². The van der Waals surface area contributed by atoms with Crippen LogP contribution in [0.25, 0.3) is 0 Å². The van der Waals surface area contributed by atoms with Gasteiger partial charge in [-0.25, -0.2) is 0 Å². The number of carbonyl (C=O) groups is 2. The van der Waals surface area contributed by atoms with Crippen LogP contribution >= 0.6 is 12.4 Å². The van der Waals surface area contributed by atoms with Gasteiger partial charge in [-0.3, -0.25) is 9.59 Å². The number of halogens is 1. The third-order valence-electron chi connectivity index (χ3n) is 3.75. The zero-order valence-corrected chi connectivity index (χ0v) is 15.4. The molecule has 0 spiro atoms. The summed E-state index contributed by atoms with van der Waals surface area (Å²) in [7, 11) is 0. The largest absolute Gasteiger partial charge is 0.346 e. The fourth-order valence-electron chi connectivity index (χ4n) is 2.11. The Labute approximate surface area is 154 Å². The van der Waals surface area contributed by atoms with Crippen molar-refractivity contribution in [1.82, 2.24) is 5.32 Å². The number of carbonyl (C=O) groups excluding carboxylic acids is 2. The highest BCUT2D eigenvalue weighted by molar-refractivity contribution is 6.05. The average molecular weight is 362 g/mol. The van der Waals surface area contributed by atoms with Gasteiger partial charge in [0.05, 0.1) is 0 Å². The molecule has 25 heavy (non-hydrogen) atoms. The van der Waals surface area contributed by atoms with Gasteiger partial charge in [-0.05, 0) is 50.6 Å². The molecule has 0 fully saturated rings. The highest BCUT2D eigenvalue weighted by Crippen LogP contribution is 2.18. The molecule has 0 aliphatic rings. The summed E-state index contributed by atoms with van der Waals surface area (Å²) >= 11 is 0. The van der Waals surface area contributed by atoms with Crippen molar-refractivity contribution in [2.24, 2.45) is 5.73 Å². The van der Waals surface area contributed by atoms with Crippen LogP contribution in [0.2, 0.25) is 0 Å². The monoisotopic (exact) mass is 361 g/mol. The van der Waals surface area contributed by atoms with Crippen LogP contribution in [-0.4, -0.2) is 23.9 Å². The molecule has 2 amide bonds. The Hall–Kier alpha value is -2.37. The Kier molecular flexibility index (Phi) is 7.15. The second-order valence-electron chi connectivity index (χ2n) is 6.39. The topological polar surface area (TPSA) is 84.2 Å². The van der Waals surface area contributed by atoms with Gasteiger partial charge in [-0.15, -0.1) is 12.4 Å². The van der Waals surface area contributed by atoms with Crippen molar-refractivity contribution in [2.75, 3.05) is 11.9 Å². The van der Waals surface area contributed by atoms with Gasteiger partial charge in [0.25, 0.3) is 11.8 Å². The number of benzene rings is 2. The minimum atomic E-state index is -0.491. The molecule has 2 aromatic carbocycles. The van der Waals surface area contributed by atoms with E-state index in [9.17, 15) is 9.59 Å². The maximum absolute atomic E-state index is 12.4. The Balaban J connectivity index is 0.00000312. The van der Waals surface area contributed by atoms with E-state index in [1.165, 1.54) is 0 Å². The van der Waals surface area contributed by atoms with E-state index in [4.69, 9.17) is 5.73 Å². The quantitative estimate of drug-likeness (QED) is 0.764. The summed E-state index contributed by atoms with van der Waals surface area (Å²) in [6, 6.07) is 14.2. The molecule has 0 unspecified atom stereocenters. The second kappa shape index (κ2) is 8.65. The maximum atomic E-state index is 12.4. The Morgan fingerprint density at radius 3 is 2.24 bits per heavy atom. The molecule has 0 radical (unpaired) electrons. The van der Waals surface area contributed by atoms with E-state index in [0.717, 1.165) is 5.56 Å². The highest BCUT2D eigenvalue weighted by atomic mass is 35.5.